The van der Waals surface area contributed by atoms with E-state index in [-0.39, 0.29) is 0 Å². The molecule has 2 nitrogen and oxygen atoms in total. The third-order valence-corrected chi connectivity index (χ3v) is 1.59. The first-order valence-electron chi connectivity index (χ1n) is 3.94. The summed E-state index contributed by atoms with van der Waals surface area (Å²) in [6.45, 7) is 8.40. The van der Waals surface area contributed by atoms with E-state index in [0.29, 0.717) is 12.1 Å². The zero-order valence-electron chi connectivity index (χ0n) is 8.01. The maximum Gasteiger partial charge on any atom is 0.156 e. The minimum atomic E-state index is 0.378. The van der Waals surface area contributed by atoms with Crippen LogP contribution in [0.5, 0.6) is 0 Å². The van der Waals surface area contributed by atoms with Gasteiger partial charge in [0, 0.05) is 12.1 Å². The first kappa shape index (κ1) is 10.8. The molecule has 1 N–H and O–H groups in total. The SMILES string of the molecule is CSC(=NC(C)C)NC(C)C. The van der Waals surface area contributed by atoms with Gasteiger partial charge < -0.3 is 5.32 Å². The van der Waals surface area contributed by atoms with E-state index < -0.39 is 0 Å². The molecule has 0 aliphatic rings. The second kappa shape index (κ2) is 5.47. The first-order chi connectivity index (χ1) is 5.06. The molecular formula is C8H18N2S. The Morgan fingerprint density at radius 2 is 1.82 bits per heavy atom. The average Bonchev–Trinajstić information content (AvgIpc) is 1.84. The minimum Gasteiger partial charge on any atom is -0.363 e. The topological polar surface area (TPSA) is 24.4 Å². The molecular weight excluding hydrogens is 156 g/mol. The smallest absolute Gasteiger partial charge is 0.156 e. The third kappa shape index (κ3) is 6.23. The van der Waals surface area contributed by atoms with Gasteiger partial charge in [-0.25, -0.2) is 0 Å². The van der Waals surface area contributed by atoms with Crippen LogP contribution >= 0.6 is 11.8 Å². The molecule has 0 atom stereocenters. The van der Waals surface area contributed by atoms with E-state index in [9.17, 15) is 0 Å². The van der Waals surface area contributed by atoms with Crippen molar-refractivity contribution in [3.05, 3.63) is 0 Å². The van der Waals surface area contributed by atoms with Gasteiger partial charge in [-0.15, -0.1) is 0 Å². The quantitative estimate of drug-likeness (QED) is 0.512. The zero-order valence-corrected chi connectivity index (χ0v) is 8.83. The van der Waals surface area contributed by atoms with Crippen LogP contribution in [-0.2, 0) is 0 Å². The van der Waals surface area contributed by atoms with Crippen LogP contribution in [0.2, 0.25) is 0 Å². The van der Waals surface area contributed by atoms with E-state index in [0.717, 1.165) is 5.17 Å². The number of amidine groups is 1. The van der Waals surface area contributed by atoms with Gasteiger partial charge in [0.05, 0.1) is 0 Å². The highest BCUT2D eigenvalue weighted by Gasteiger charge is 1.99. The van der Waals surface area contributed by atoms with Crippen LogP contribution in [0.4, 0.5) is 0 Å². The van der Waals surface area contributed by atoms with Crippen molar-refractivity contribution in [1.82, 2.24) is 5.32 Å². The number of thioether (sulfide) groups is 1. The largest absolute Gasteiger partial charge is 0.363 e. The molecule has 0 bridgehead atoms. The second-order valence-electron chi connectivity index (χ2n) is 3.03. The normalized spacial score (nSPS) is 12.8. The molecule has 0 saturated heterocycles. The Morgan fingerprint density at radius 1 is 1.27 bits per heavy atom. The molecule has 0 aromatic heterocycles. The third-order valence-electron chi connectivity index (χ3n) is 0.981. The maximum atomic E-state index is 4.40. The lowest BCUT2D eigenvalue weighted by Crippen LogP contribution is -2.28. The van der Waals surface area contributed by atoms with Gasteiger partial charge in [-0.05, 0) is 34.0 Å². The van der Waals surface area contributed by atoms with Crippen molar-refractivity contribution in [2.45, 2.75) is 39.8 Å². The summed E-state index contributed by atoms with van der Waals surface area (Å²) in [4.78, 5) is 4.40. The molecule has 0 aromatic rings. The molecule has 66 valence electrons. The highest BCUT2D eigenvalue weighted by molar-refractivity contribution is 8.13. The lowest BCUT2D eigenvalue weighted by Gasteiger charge is -2.11. The molecule has 0 amide bonds. The Morgan fingerprint density at radius 3 is 2.09 bits per heavy atom. The van der Waals surface area contributed by atoms with Gasteiger partial charge in [0.1, 0.15) is 0 Å². The fraction of sp³-hybridized carbons (Fsp3) is 0.875. The van der Waals surface area contributed by atoms with Crippen LogP contribution in [0, 0.1) is 0 Å². The molecule has 0 aromatic carbocycles. The highest BCUT2D eigenvalue weighted by atomic mass is 32.2. The summed E-state index contributed by atoms with van der Waals surface area (Å²) in [5.41, 5.74) is 0. The Bertz CT molecular complexity index is 130. The van der Waals surface area contributed by atoms with Crippen LogP contribution in [0.15, 0.2) is 4.99 Å². The van der Waals surface area contributed by atoms with Crippen molar-refractivity contribution in [2.75, 3.05) is 6.26 Å². The van der Waals surface area contributed by atoms with Crippen molar-refractivity contribution < 1.29 is 0 Å². The average molecular weight is 174 g/mol. The van der Waals surface area contributed by atoms with Gasteiger partial charge >= 0.3 is 0 Å². The predicted molar refractivity (Wildman–Crippen MR) is 54.4 cm³/mol. The molecule has 0 rings (SSSR count). The summed E-state index contributed by atoms with van der Waals surface area (Å²) in [5.74, 6) is 0. The summed E-state index contributed by atoms with van der Waals surface area (Å²) in [6, 6.07) is 0.851. The molecule has 0 aliphatic heterocycles. The van der Waals surface area contributed by atoms with E-state index in [2.05, 4.69) is 38.0 Å². The second-order valence-corrected chi connectivity index (χ2v) is 3.83. The Kier molecular flexibility index (Phi) is 5.38. The Labute approximate surface area is 73.9 Å². The van der Waals surface area contributed by atoms with Gasteiger partial charge in [0.2, 0.25) is 0 Å². The van der Waals surface area contributed by atoms with Crippen molar-refractivity contribution in [3.8, 4) is 0 Å². The van der Waals surface area contributed by atoms with E-state index in [1.54, 1.807) is 11.8 Å². The molecule has 0 heterocycles. The van der Waals surface area contributed by atoms with Crippen LogP contribution in [0.3, 0.4) is 0 Å². The van der Waals surface area contributed by atoms with Crippen LogP contribution < -0.4 is 5.32 Å². The standard InChI is InChI=1S/C8H18N2S/c1-6(2)9-8(11-5)10-7(3)4/h6-7H,1-5H3,(H,9,10). The number of nitrogens with zero attached hydrogens (tertiary/aromatic N) is 1. The van der Waals surface area contributed by atoms with Crippen molar-refractivity contribution in [1.29, 1.82) is 0 Å². The van der Waals surface area contributed by atoms with Crippen LogP contribution in [-0.4, -0.2) is 23.5 Å². The lowest BCUT2D eigenvalue weighted by molar-refractivity contribution is 0.728. The monoisotopic (exact) mass is 174 g/mol. The van der Waals surface area contributed by atoms with Gasteiger partial charge in [-0.2, -0.15) is 0 Å². The van der Waals surface area contributed by atoms with Crippen LogP contribution in [0.25, 0.3) is 0 Å². The molecule has 0 unspecified atom stereocenters. The van der Waals surface area contributed by atoms with Crippen molar-refractivity contribution in [3.63, 3.8) is 0 Å². The number of aliphatic imine (C=N–C) groups is 1. The molecule has 3 heteroatoms. The number of rotatable bonds is 2. The van der Waals surface area contributed by atoms with Gasteiger partial charge in [0.15, 0.2) is 5.17 Å². The van der Waals surface area contributed by atoms with Gasteiger partial charge in [-0.3, -0.25) is 4.99 Å². The lowest BCUT2D eigenvalue weighted by atomic mass is 10.4. The molecule has 0 radical (unpaired) electrons. The van der Waals surface area contributed by atoms with Crippen molar-refractivity contribution >= 4 is 16.9 Å². The van der Waals surface area contributed by atoms with E-state index in [1.807, 2.05) is 6.26 Å². The number of nitrogens with one attached hydrogen (secondary N) is 1. The molecule has 0 spiro atoms. The summed E-state index contributed by atoms with van der Waals surface area (Å²) in [7, 11) is 0. The molecule has 11 heavy (non-hydrogen) atoms. The van der Waals surface area contributed by atoms with Crippen molar-refractivity contribution in [2.24, 2.45) is 4.99 Å². The molecule has 0 saturated carbocycles. The zero-order chi connectivity index (χ0) is 8.85. The van der Waals surface area contributed by atoms with E-state index >= 15 is 0 Å². The first-order valence-corrected chi connectivity index (χ1v) is 5.17. The maximum absolute atomic E-state index is 4.40. The Hall–Kier alpha value is -0.180. The number of hydrogen-bond donors (Lipinski definition) is 1. The van der Waals surface area contributed by atoms with Crippen LogP contribution in [0.1, 0.15) is 27.7 Å². The Balaban J connectivity index is 3.94. The summed E-state index contributed by atoms with van der Waals surface area (Å²) >= 11 is 1.67. The fourth-order valence-electron chi connectivity index (χ4n) is 0.630. The van der Waals surface area contributed by atoms with Gasteiger partial charge in [-0.1, -0.05) is 11.8 Å². The van der Waals surface area contributed by atoms with E-state index in [4.69, 9.17) is 0 Å². The fourth-order valence-corrected chi connectivity index (χ4v) is 1.30. The predicted octanol–water partition coefficient (Wildman–Crippen LogP) is 2.11. The molecule has 0 aliphatic carbocycles. The van der Waals surface area contributed by atoms with Gasteiger partial charge in [0.25, 0.3) is 0 Å². The highest BCUT2D eigenvalue weighted by Crippen LogP contribution is 1.99. The summed E-state index contributed by atoms with van der Waals surface area (Å²) < 4.78 is 0. The van der Waals surface area contributed by atoms with E-state index in [1.165, 1.54) is 0 Å². The number of hydrogen-bond acceptors (Lipinski definition) is 2. The minimum absolute atomic E-state index is 0.378. The molecule has 0 fully saturated rings. The summed E-state index contributed by atoms with van der Waals surface area (Å²) in [6.07, 6.45) is 2.04. The summed E-state index contributed by atoms with van der Waals surface area (Å²) in [5, 5.41) is 4.31.